The van der Waals surface area contributed by atoms with E-state index in [1.54, 1.807) is 7.11 Å². The summed E-state index contributed by atoms with van der Waals surface area (Å²) in [6.07, 6.45) is 0. The fourth-order valence-electron chi connectivity index (χ4n) is 2.67. The molecule has 1 N–H and O–H groups in total. The molecule has 0 saturated carbocycles. The van der Waals surface area contributed by atoms with Gasteiger partial charge in [-0.3, -0.25) is 4.79 Å². The van der Waals surface area contributed by atoms with E-state index < -0.39 is 0 Å². The molecule has 7 heteroatoms. The maximum absolute atomic E-state index is 12.0. The Morgan fingerprint density at radius 2 is 1.92 bits per heavy atom. The Balaban J connectivity index is 1.54. The fraction of sp³-hybridized carbons (Fsp3) is 0.412. The molecule has 24 heavy (non-hydrogen) atoms. The lowest BCUT2D eigenvalue weighted by atomic mass is 10.2. The van der Waals surface area contributed by atoms with Crippen molar-refractivity contribution in [2.75, 3.05) is 56.2 Å². The number of ether oxygens (including phenoxy) is 1. The zero-order chi connectivity index (χ0) is 16.8. The SMILES string of the molecule is COCCNC(=O)c1csc(N2CCN(c3ccccc3)CC2)n1. The molecular weight excluding hydrogens is 324 g/mol. The van der Waals surface area contributed by atoms with Crippen LogP contribution in [-0.4, -0.2) is 57.3 Å². The summed E-state index contributed by atoms with van der Waals surface area (Å²) in [7, 11) is 1.61. The van der Waals surface area contributed by atoms with Gasteiger partial charge in [-0.25, -0.2) is 4.98 Å². The summed E-state index contributed by atoms with van der Waals surface area (Å²) in [5, 5.41) is 5.53. The molecule has 6 nitrogen and oxygen atoms in total. The summed E-state index contributed by atoms with van der Waals surface area (Å²) in [5.41, 5.74) is 1.74. The minimum Gasteiger partial charge on any atom is -0.383 e. The Morgan fingerprint density at radius 1 is 1.21 bits per heavy atom. The molecule has 1 aliphatic rings. The molecule has 0 radical (unpaired) electrons. The van der Waals surface area contributed by atoms with Crippen LogP contribution in [0.25, 0.3) is 0 Å². The molecule has 0 atom stereocenters. The Labute approximate surface area is 146 Å². The largest absolute Gasteiger partial charge is 0.383 e. The van der Waals surface area contributed by atoms with Crippen molar-refractivity contribution in [2.45, 2.75) is 0 Å². The number of thiazole rings is 1. The lowest BCUT2D eigenvalue weighted by Gasteiger charge is -2.35. The molecule has 0 bridgehead atoms. The first kappa shape index (κ1) is 16.7. The van der Waals surface area contributed by atoms with Gasteiger partial charge in [0.05, 0.1) is 6.61 Å². The molecule has 1 amide bonds. The smallest absolute Gasteiger partial charge is 0.270 e. The van der Waals surface area contributed by atoms with Crippen LogP contribution in [-0.2, 0) is 4.74 Å². The zero-order valence-corrected chi connectivity index (χ0v) is 14.6. The molecule has 3 rings (SSSR count). The highest BCUT2D eigenvalue weighted by molar-refractivity contribution is 7.13. The molecule has 1 aliphatic heterocycles. The van der Waals surface area contributed by atoms with Crippen LogP contribution in [0.2, 0.25) is 0 Å². The third kappa shape index (κ3) is 4.04. The molecule has 0 spiro atoms. The van der Waals surface area contributed by atoms with Crippen molar-refractivity contribution in [3.8, 4) is 0 Å². The van der Waals surface area contributed by atoms with Crippen molar-refractivity contribution in [1.82, 2.24) is 10.3 Å². The number of nitrogens with one attached hydrogen (secondary N) is 1. The highest BCUT2D eigenvalue weighted by atomic mass is 32.1. The first-order chi connectivity index (χ1) is 11.8. The molecule has 0 unspecified atom stereocenters. The molecule has 1 aromatic carbocycles. The number of nitrogens with zero attached hydrogens (tertiary/aromatic N) is 3. The third-order valence-electron chi connectivity index (χ3n) is 3.99. The van der Waals surface area contributed by atoms with Gasteiger partial charge in [0.2, 0.25) is 0 Å². The number of hydrogen-bond acceptors (Lipinski definition) is 6. The number of carbonyl (C=O) groups is 1. The molecule has 1 fully saturated rings. The topological polar surface area (TPSA) is 57.7 Å². The fourth-order valence-corrected chi connectivity index (χ4v) is 3.53. The highest BCUT2D eigenvalue weighted by Crippen LogP contribution is 2.23. The van der Waals surface area contributed by atoms with Crippen LogP contribution in [0.4, 0.5) is 10.8 Å². The number of para-hydroxylation sites is 1. The summed E-state index contributed by atoms with van der Waals surface area (Å²) in [6, 6.07) is 10.4. The quantitative estimate of drug-likeness (QED) is 0.809. The maximum Gasteiger partial charge on any atom is 0.270 e. The van der Waals surface area contributed by atoms with Crippen molar-refractivity contribution in [3.05, 3.63) is 41.4 Å². The Bertz CT molecular complexity index is 654. The van der Waals surface area contributed by atoms with Crippen LogP contribution in [0.1, 0.15) is 10.5 Å². The standard InChI is InChI=1S/C17H22N4O2S/c1-23-12-7-18-16(22)15-13-24-17(19-15)21-10-8-20(9-11-21)14-5-3-2-4-6-14/h2-6,13H,7-12H2,1H3,(H,18,22). The number of rotatable bonds is 6. The molecular formula is C17H22N4O2S. The van der Waals surface area contributed by atoms with Gasteiger partial charge in [0, 0.05) is 50.9 Å². The van der Waals surface area contributed by atoms with E-state index in [0.29, 0.717) is 18.8 Å². The summed E-state index contributed by atoms with van der Waals surface area (Å²) < 4.78 is 4.93. The number of hydrogen-bond donors (Lipinski definition) is 1. The van der Waals surface area contributed by atoms with Crippen molar-refractivity contribution in [2.24, 2.45) is 0 Å². The maximum atomic E-state index is 12.0. The molecule has 2 heterocycles. The second kappa shape index (κ2) is 8.12. The van der Waals surface area contributed by atoms with Gasteiger partial charge in [0.25, 0.3) is 5.91 Å². The number of piperazine rings is 1. The van der Waals surface area contributed by atoms with Crippen LogP contribution in [0, 0.1) is 0 Å². The van der Waals surface area contributed by atoms with Gasteiger partial charge in [-0.2, -0.15) is 0 Å². The van der Waals surface area contributed by atoms with Crippen LogP contribution in [0.3, 0.4) is 0 Å². The first-order valence-corrected chi connectivity index (χ1v) is 8.93. The molecule has 1 saturated heterocycles. The number of benzene rings is 1. The Kier molecular flexibility index (Phi) is 5.66. The Hall–Kier alpha value is -2.12. The van der Waals surface area contributed by atoms with Crippen molar-refractivity contribution in [3.63, 3.8) is 0 Å². The average molecular weight is 346 g/mol. The van der Waals surface area contributed by atoms with Gasteiger partial charge >= 0.3 is 0 Å². The lowest BCUT2D eigenvalue weighted by molar-refractivity contribution is 0.0933. The van der Waals surface area contributed by atoms with Gasteiger partial charge < -0.3 is 19.9 Å². The predicted octanol–water partition coefficient (Wildman–Crippen LogP) is 1.85. The van der Waals surface area contributed by atoms with Crippen LogP contribution in [0.5, 0.6) is 0 Å². The van der Waals surface area contributed by atoms with Gasteiger partial charge in [-0.1, -0.05) is 18.2 Å². The second-order valence-corrected chi connectivity index (χ2v) is 6.41. The molecule has 0 aliphatic carbocycles. The van der Waals surface area contributed by atoms with E-state index in [-0.39, 0.29) is 5.91 Å². The minimum absolute atomic E-state index is 0.141. The zero-order valence-electron chi connectivity index (χ0n) is 13.8. The van der Waals surface area contributed by atoms with Crippen molar-refractivity contribution < 1.29 is 9.53 Å². The van der Waals surface area contributed by atoms with E-state index in [0.717, 1.165) is 31.3 Å². The van der Waals surface area contributed by atoms with E-state index in [1.165, 1.54) is 17.0 Å². The van der Waals surface area contributed by atoms with Crippen LogP contribution >= 0.6 is 11.3 Å². The number of carbonyl (C=O) groups excluding carboxylic acids is 1. The summed E-state index contributed by atoms with van der Waals surface area (Å²) >= 11 is 1.52. The third-order valence-corrected chi connectivity index (χ3v) is 4.89. The van der Waals surface area contributed by atoms with Crippen molar-refractivity contribution >= 4 is 28.1 Å². The van der Waals surface area contributed by atoms with Crippen molar-refractivity contribution in [1.29, 1.82) is 0 Å². The number of anilines is 2. The number of aromatic nitrogens is 1. The predicted molar refractivity (Wildman–Crippen MR) is 97.2 cm³/mol. The van der Waals surface area contributed by atoms with Crippen LogP contribution < -0.4 is 15.1 Å². The van der Waals surface area contributed by atoms with E-state index >= 15 is 0 Å². The first-order valence-electron chi connectivity index (χ1n) is 8.05. The Morgan fingerprint density at radius 3 is 2.62 bits per heavy atom. The monoisotopic (exact) mass is 346 g/mol. The highest BCUT2D eigenvalue weighted by Gasteiger charge is 2.20. The molecule has 128 valence electrons. The lowest BCUT2D eigenvalue weighted by Crippen LogP contribution is -2.46. The summed E-state index contributed by atoms with van der Waals surface area (Å²) in [4.78, 5) is 21.1. The minimum atomic E-state index is -0.141. The number of amides is 1. The number of methoxy groups -OCH3 is 1. The van der Waals surface area contributed by atoms with E-state index in [2.05, 4.69) is 44.4 Å². The molecule has 2 aromatic rings. The summed E-state index contributed by atoms with van der Waals surface area (Å²) in [6.45, 7) is 4.74. The normalized spacial score (nSPS) is 14.7. The average Bonchev–Trinajstić information content (AvgIpc) is 3.13. The van der Waals surface area contributed by atoms with Crippen LogP contribution in [0.15, 0.2) is 35.7 Å². The van der Waals surface area contributed by atoms with Gasteiger partial charge in [-0.05, 0) is 12.1 Å². The van der Waals surface area contributed by atoms with E-state index in [4.69, 9.17) is 4.74 Å². The van der Waals surface area contributed by atoms with Gasteiger partial charge in [-0.15, -0.1) is 11.3 Å². The second-order valence-electron chi connectivity index (χ2n) is 5.57. The van der Waals surface area contributed by atoms with E-state index in [1.807, 2.05) is 11.4 Å². The summed E-state index contributed by atoms with van der Waals surface area (Å²) in [5.74, 6) is -0.141. The van der Waals surface area contributed by atoms with E-state index in [9.17, 15) is 4.79 Å². The van der Waals surface area contributed by atoms with Gasteiger partial charge in [0.15, 0.2) is 5.13 Å². The van der Waals surface area contributed by atoms with Gasteiger partial charge in [0.1, 0.15) is 5.69 Å². The molecule has 1 aromatic heterocycles.